The molecular weight excluding hydrogens is 240 g/mol. The van der Waals surface area contributed by atoms with E-state index in [4.69, 9.17) is 15.2 Å². The Morgan fingerprint density at radius 3 is 2.63 bits per heavy atom. The van der Waals surface area contributed by atoms with Crippen LogP contribution in [0.25, 0.3) is 0 Å². The first-order valence-corrected chi connectivity index (χ1v) is 6.86. The van der Waals surface area contributed by atoms with E-state index in [0.29, 0.717) is 24.8 Å². The first-order valence-electron chi connectivity index (χ1n) is 6.86. The molecule has 1 rings (SSSR count). The van der Waals surface area contributed by atoms with Gasteiger partial charge in [0.2, 0.25) is 0 Å². The van der Waals surface area contributed by atoms with Crippen molar-refractivity contribution in [3.63, 3.8) is 0 Å². The summed E-state index contributed by atoms with van der Waals surface area (Å²) in [4.78, 5) is 0. The van der Waals surface area contributed by atoms with Gasteiger partial charge in [0.25, 0.3) is 0 Å². The minimum Gasteiger partial charge on any atom is -0.491 e. The summed E-state index contributed by atoms with van der Waals surface area (Å²) < 4.78 is 10.9. The van der Waals surface area contributed by atoms with E-state index in [1.165, 1.54) is 0 Å². The molecule has 1 aromatic carbocycles. The maximum absolute atomic E-state index is 6.14. The van der Waals surface area contributed by atoms with Gasteiger partial charge in [-0.3, -0.25) is 0 Å². The van der Waals surface area contributed by atoms with Crippen LogP contribution in [0.5, 0.6) is 5.75 Å². The molecule has 0 bridgehead atoms. The Balaban J connectivity index is 2.82. The first kappa shape index (κ1) is 15.6. The third-order valence-corrected chi connectivity index (χ3v) is 3.02. The molecule has 19 heavy (non-hydrogen) atoms. The molecule has 1 unspecified atom stereocenters. The lowest BCUT2D eigenvalue weighted by atomic mass is 10.0. The summed E-state index contributed by atoms with van der Waals surface area (Å²) in [5.41, 5.74) is 7.71. The molecule has 3 N–H and O–H groups in total. The maximum Gasteiger partial charge on any atom is 0.144 e. The van der Waals surface area contributed by atoms with Gasteiger partial charge in [-0.25, -0.2) is 0 Å². The Morgan fingerprint density at radius 2 is 2.05 bits per heavy atom. The van der Waals surface area contributed by atoms with Crippen molar-refractivity contribution < 1.29 is 9.47 Å². The van der Waals surface area contributed by atoms with Gasteiger partial charge < -0.3 is 20.5 Å². The highest BCUT2D eigenvalue weighted by Gasteiger charge is 2.15. The fraction of sp³-hybridized carbons (Fsp3) is 0.600. The van der Waals surface area contributed by atoms with Crippen LogP contribution in [0.3, 0.4) is 0 Å². The molecule has 108 valence electrons. The van der Waals surface area contributed by atoms with Crippen LogP contribution in [0.2, 0.25) is 0 Å². The fourth-order valence-corrected chi connectivity index (χ4v) is 1.79. The molecule has 1 aromatic rings. The van der Waals surface area contributed by atoms with Crippen molar-refractivity contribution in [1.82, 2.24) is 0 Å². The summed E-state index contributed by atoms with van der Waals surface area (Å²) in [5.74, 6) is 1.20. The van der Waals surface area contributed by atoms with Crippen LogP contribution in [0.1, 0.15) is 27.2 Å². The van der Waals surface area contributed by atoms with Gasteiger partial charge in [0, 0.05) is 7.11 Å². The number of nitrogens with one attached hydrogen (secondary N) is 1. The van der Waals surface area contributed by atoms with Gasteiger partial charge in [-0.15, -0.1) is 0 Å². The van der Waals surface area contributed by atoms with Crippen LogP contribution >= 0.6 is 0 Å². The number of nitrogen functional groups attached to an aromatic ring is 1. The van der Waals surface area contributed by atoms with Crippen molar-refractivity contribution in [2.24, 2.45) is 5.92 Å². The van der Waals surface area contributed by atoms with Crippen molar-refractivity contribution in [3.8, 4) is 5.75 Å². The van der Waals surface area contributed by atoms with Crippen LogP contribution < -0.4 is 15.8 Å². The van der Waals surface area contributed by atoms with E-state index in [2.05, 4.69) is 26.1 Å². The number of hydrogen-bond acceptors (Lipinski definition) is 4. The van der Waals surface area contributed by atoms with Crippen LogP contribution in [-0.4, -0.2) is 26.4 Å². The minimum absolute atomic E-state index is 0.230. The molecule has 0 fully saturated rings. The van der Waals surface area contributed by atoms with Gasteiger partial charge in [-0.1, -0.05) is 26.8 Å². The average molecular weight is 266 g/mol. The molecule has 4 nitrogen and oxygen atoms in total. The molecule has 0 aliphatic carbocycles. The zero-order valence-electron chi connectivity index (χ0n) is 12.4. The highest BCUT2D eigenvalue weighted by Crippen LogP contribution is 2.30. The van der Waals surface area contributed by atoms with Crippen molar-refractivity contribution in [3.05, 3.63) is 18.2 Å². The molecule has 0 aromatic heterocycles. The first-order chi connectivity index (χ1) is 9.10. The summed E-state index contributed by atoms with van der Waals surface area (Å²) >= 11 is 0. The van der Waals surface area contributed by atoms with Crippen LogP contribution in [-0.2, 0) is 4.74 Å². The molecular formula is C15H26N2O2. The number of anilines is 2. The monoisotopic (exact) mass is 266 g/mol. The van der Waals surface area contributed by atoms with E-state index >= 15 is 0 Å². The Kier molecular flexibility index (Phi) is 6.50. The van der Waals surface area contributed by atoms with Gasteiger partial charge in [0.1, 0.15) is 5.75 Å². The summed E-state index contributed by atoms with van der Waals surface area (Å²) in [6.45, 7) is 7.72. The molecule has 0 aliphatic rings. The zero-order valence-corrected chi connectivity index (χ0v) is 12.4. The molecule has 0 radical (unpaired) electrons. The summed E-state index contributed by atoms with van der Waals surface area (Å²) in [7, 11) is 1.71. The minimum atomic E-state index is 0.230. The molecule has 0 saturated heterocycles. The number of benzene rings is 1. The largest absolute Gasteiger partial charge is 0.491 e. The molecule has 0 heterocycles. The topological polar surface area (TPSA) is 56.5 Å². The number of methoxy groups -OCH3 is 1. The van der Waals surface area contributed by atoms with Crippen molar-refractivity contribution >= 4 is 11.4 Å². The smallest absolute Gasteiger partial charge is 0.144 e. The van der Waals surface area contributed by atoms with E-state index < -0.39 is 0 Å². The predicted molar refractivity (Wildman–Crippen MR) is 80.8 cm³/mol. The van der Waals surface area contributed by atoms with E-state index in [-0.39, 0.29) is 6.04 Å². The Hall–Kier alpha value is -1.42. The Labute approximate surface area is 116 Å². The molecule has 0 spiro atoms. The average Bonchev–Trinajstić information content (AvgIpc) is 2.38. The van der Waals surface area contributed by atoms with Crippen molar-refractivity contribution in [2.75, 3.05) is 31.4 Å². The second-order valence-electron chi connectivity index (χ2n) is 5.02. The van der Waals surface area contributed by atoms with Crippen LogP contribution in [0.15, 0.2) is 18.2 Å². The van der Waals surface area contributed by atoms with Crippen molar-refractivity contribution in [1.29, 1.82) is 0 Å². The van der Waals surface area contributed by atoms with E-state index in [1.807, 2.05) is 18.2 Å². The fourth-order valence-electron chi connectivity index (χ4n) is 1.79. The standard InChI is InChI=1S/C15H26N2O2/c1-5-9-19-14-8-6-7-12(15(14)16)17-13(10-18-4)11(2)3/h6-8,11,13,17H,5,9-10,16H2,1-4H3. The lowest BCUT2D eigenvalue weighted by molar-refractivity contribution is 0.171. The summed E-state index contributed by atoms with van der Waals surface area (Å²) in [6, 6.07) is 6.05. The van der Waals surface area contributed by atoms with E-state index in [9.17, 15) is 0 Å². The number of ether oxygens (including phenoxy) is 2. The lowest BCUT2D eigenvalue weighted by Crippen LogP contribution is -2.30. The third kappa shape index (κ3) is 4.63. The highest BCUT2D eigenvalue weighted by atomic mass is 16.5. The lowest BCUT2D eigenvalue weighted by Gasteiger charge is -2.24. The molecule has 0 saturated carbocycles. The second kappa shape index (κ2) is 7.89. The Bertz CT molecular complexity index is 380. The molecule has 0 aliphatic heterocycles. The number of nitrogens with two attached hydrogens (primary N) is 1. The predicted octanol–water partition coefficient (Wildman–Crippen LogP) is 3.14. The van der Waals surface area contributed by atoms with Gasteiger partial charge in [-0.2, -0.15) is 0 Å². The molecule has 0 amide bonds. The second-order valence-corrected chi connectivity index (χ2v) is 5.02. The van der Waals surface area contributed by atoms with Gasteiger partial charge in [-0.05, 0) is 24.5 Å². The Morgan fingerprint density at radius 1 is 1.32 bits per heavy atom. The van der Waals surface area contributed by atoms with E-state index in [1.54, 1.807) is 7.11 Å². The van der Waals surface area contributed by atoms with Gasteiger partial charge >= 0.3 is 0 Å². The van der Waals surface area contributed by atoms with E-state index in [0.717, 1.165) is 17.9 Å². The maximum atomic E-state index is 6.14. The number of rotatable bonds is 8. The van der Waals surface area contributed by atoms with Crippen molar-refractivity contribution in [2.45, 2.75) is 33.2 Å². The SMILES string of the molecule is CCCOc1cccc(NC(COC)C(C)C)c1N. The molecule has 1 atom stereocenters. The number of para-hydroxylation sites is 1. The molecule has 4 heteroatoms. The third-order valence-electron chi connectivity index (χ3n) is 3.02. The normalized spacial score (nSPS) is 12.5. The zero-order chi connectivity index (χ0) is 14.3. The summed E-state index contributed by atoms with van der Waals surface area (Å²) in [6.07, 6.45) is 0.968. The van der Waals surface area contributed by atoms with Crippen LogP contribution in [0.4, 0.5) is 11.4 Å². The van der Waals surface area contributed by atoms with Crippen LogP contribution in [0, 0.1) is 5.92 Å². The quantitative estimate of drug-likeness (QED) is 0.710. The number of hydrogen-bond donors (Lipinski definition) is 2. The highest BCUT2D eigenvalue weighted by molar-refractivity contribution is 5.73. The summed E-state index contributed by atoms with van der Waals surface area (Å²) in [5, 5.41) is 3.43. The van der Waals surface area contributed by atoms with Gasteiger partial charge in [0.15, 0.2) is 0 Å². The van der Waals surface area contributed by atoms with Gasteiger partial charge in [0.05, 0.1) is 30.6 Å².